The van der Waals surface area contributed by atoms with Gasteiger partial charge in [-0.2, -0.15) is 10.1 Å². The molecule has 2 saturated heterocycles. The van der Waals surface area contributed by atoms with Crippen molar-refractivity contribution in [3.05, 3.63) is 40.8 Å². The Kier molecular flexibility index (Phi) is 5.66. The smallest absolute Gasteiger partial charge is 0.277 e. The van der Waals surface area contributed by atoms with Gasteiger partial charge in [-0.15, -0.1) is 0 Å². The van der Waals surface area contributed by atoms with Crippen molar-refractivity contribution in [2.45, 2.75) is 25.7 Å². The Hall–Kier alpha value is -3.20. The van der Waals surface area contributed by atoms with E-state index in [1.807, 2.05) is 12.1 Å². The summed E-state index contributed by atoms with van der Waals surface area (Å²) in [4.78, 5) is 26.5. The number of H-pyrrole nitrogens is 1. The molecular formula is C22H28N8O. The van der Waals surface area contributed by atoms with Gasteiger partial charge in [-0.1, -0.05) is 12.8 Å². The number of aromatic amines is 1. The second-order valence-electron chi connectivity index (χ2n) is 8.14. The van der Waals surface area contributed by atoms with Crippen molar-refractivity contribution in [2.24, 2.45) is 0 Å². The molecule has 0 bridgehead atoms. The van der Waals surface area contributed by atoms with Crippen LogP contribution in [0.5, 0.6) is 0 Å². The molecule has 1 aromatic carbocycles. The molecule has 0 saturated carbocycles. The van der Waals surface area contributed by atoms with E-state index in [0.717, 1.165) is 57.8 Å². The summed E-state index contributed by atoms with van der Waals surface area (Å²) in [5.41, 5.74) is 2.35. The summed E-state index contributed by atoms with van der Waals surface area (Å²) >= 11 is 0. The van der Waals surface area contributed by atoms with Crippen LogP contribution in [-0.2, 0) is 0 Å². The second kappa shape index (κ2) is 8.89. The zero-order valence-corrected chi connectivity index (χ0v) is 17.6. The van der Waals surface area contributed by atoms with Gasteiger partial charge in [-0.05, 0) is 37.1 Å². The zero-order chi connectivity index (χ0) is 21.0. The maximum absolute atomic E-state index is 12.5. The lowest BCUT2D eigenvalue weighted by Gasteiger charge is -2.29. The molecule has 9 heteroatoms. The minimum atomic E-state index is -0.292. The van der Waals surface area contributed by atoms with Crippen LogP contribution < -0.4 is 26.0 Å². The van der Waals surface area contributed by atoms with Crippen LogP contribution in [0.25, 0.3) is 10.9 Å². The number of hydrogen-bond acceptors (Lipinski definition) is 8. The predicted molar refractivity (Wildman–Crippen MR) is 123 cm³/mol. The highest BCUT2D eigenvalue weighted by Crippen LogP contribution is 2.26. The van der Waals surface area contributed by atoms with Gasteiger partial charge in [0.1, 0.15) is 16.7 Å². The van der Waals surface area contributed by atoms with Crippen LogP contribution in [0.4, 0.5) is 23.1 Å². The lowest BCUT2D eigenvalue weighted by atomic mass is 10.2. The van der Waals surface area contributed by atoms with E-state index in [1.165, 1.54) is 18.5 Å². The maximum Gasteiger partial charge on any atom is 0.277 e. The Morgan fingerprint density at radius 1 is 0.871 bits per heavy atom. The maximum atomic E-state index is 12.5. The number of nitrogens with zero attached hydrogens (tertiary/aromatic N) is 5. The number of nitrogens with one attached hydrogen (secondary N) is 3. The van der Waals surface area contributed by atoms with Crippen LogP contribution in [0.1, 0.15) is 25.7 Å². The van der Waals surface area contributed by atoms with Gasteiger partial charge < -0.3 is 20.4 Å². The fourth-order valence-electron chi connectivity index (χ4n) is 4.31. The van der Waals surface area contributed by atoms with Crippen molar-refractivity contribution in [1.29, 1.82) is 0 Å². The molecule has 9 nitrogen and oxygen atoms in total. The van der Waals surface area contributed by atoms with Gasteiger partial charge in [-0.3, -0.25) is 4.79 Å². The number of anilines is 4. The van der Waals surface area contributed by atoms with E-state index in [0.29, 0.717) is 22.7 Å². The van der Waals surface area contributed by atoms with Crippen LogP contribution in [0.3, 0.4) is 0 Å². The Bertz CT molecular complexity index is 1080. The normalized spacial score (nSPS) is 17.5. The van der Waals surface area contributed by atoms with Crippen molar-refractivity contribution in [3.8, 4) is 0 Å². The Morgan fingerprint density at radius 3 is 2.35 bits per heavy atom. The highest BCUT2D eigenvalue weighted by Gasteiger charge is 2.18. The van der Waals surface area contributed by atoms with E-state index in [-0.39, 0.29) is 5.56 Å². The van der Waals surface area contributed by atoms with Crippen LogP contribution >= 0.6 is 0 Å². The molecule has 3 N–H and O–H groups in total. The zero-order valence-electron chi connectivity index (χ0n) is 17.6. The van der Waals surface area contributed by atoms with E-state index < -0.39 is 0 Å². The summed E-state index contributed by atoms with van der Waals surface area (Å²) in [6.07, 6.45) is 6.32. The molecular weight excluding hydrogens is 392 g/mol. The average molecular weight is 421 g/mol. The van der Waals surface area contributed by atoms with Gasteiger partial charge in [-0.25, -0.2) is 10.1 Å². The van der Waals surface area contributed by atoms with Gasteiger partial charge in [0.25, 0.3) is 5.56 Å². The molecule has 0 radical (unpaired) electrons. The number of piperazine rings is 1. The first-order valence-electron chi connectivity index (χ1n) is 11.1. The molecule has 0 atom stereocenters. The molecule has 2 aliphatic heterocycles. The Balaban J connectivity index is 1.47. The average Bonchev–Trinajstić information content (AvgIpc) is 3.10. The summed E-state index contributed by atoms with van der Waals surface area (Å²) in [6, 6.07) is 8.29. The van der Waals surface area contributed by atoms with Gasteiger partial charge >= 0.3 is 0 Å². The summed E-state index contributed by atoms with van der Waals surface area (Å²) in [6.45, 7) is 5.88. The van der Waals surface area contributed by atoms with Crippen molar-refractivity contribution < 1.29 is 0 Å². The molecule has 4 heterocycles. The van der Waals surface area contributed by atoms with E-state index in [4.69, 9.17) is 4.98 Å². The fourth-order valence-corrected chi connectivity index (χ4v) is 4.31. The minimum Gasteiger partial charge on any atom is -0.369 e. The van der Waals surface area contributed by atoms with Gasteiger partial charge in [0.2, 0.25) is 5.95 Å². The van der Waals surface area contributed by atoms with E-state index in [1.54, 1.807) is 6.20 Å². The topological polar surface area (TPSA) is 102 Å². The lowest BCUT2D eigenvalue weighted by molar-refractivity contribution is 0.589. The van der Waals surface area contributed by atoms with E-state index >= 15 is 0 Å². The molecule has 2 fully saturated rings. The lowest BCUT2D eigenvalue weighted by Crippen LogP contribution is -2.43. The molecule has 0 aliphatic carbocycles. The highest BCUT2D eigenvalue weighted by atomic mass is 16.1. The third-order valence-corrected chi connectivity index (χ3v) is 6.01. The molecule has 3 aromatic rings. The number of fused-ring (bicyclic) bond motifs is 1. The minimum absolute atomic E-state index is 0.292. The van der Waals surface area contributed by atoms with Crippen LogP contribution in [-0.4, -0.2) is 59.4 Å². The fraction of sp³-hybridized carbons (Fsp3) is 0.455. The van der Waals surface area contributed by atoms with Gasteiger partial charge in [0.05, 0.1) is 6.20 Å². The van der Waals surface area contributed by atoms with E-state index in [2.05, 4.69) is 47.7 Å². The molecule has 0 unspecified atom stereocenters. The van der Waals surface area contributed by atoms with Crippen LogP contribution in [0.15, 0.2) is 35.3 Å². The van der Waals surface area contributed by atoms with Gasteiger partial charge in [0.15, 0.2) is 0 Å². The molecule has 31 heavy (non-hydrogen) atoms. The van der Waals surface area contributed by atoms with Gasteiger partial charge in [0, 0.05) is 50.6 Å². The van der Waals surface area contributed by atoms with Crippen molar-refractivity contribution >= 4 is 34.0 Å². The van der Waals surface area contributed by atoms with E-state index in [9.17, 15) is 4.79 Å². The summed E-state index contributed by atoms with van der Waals surface area (Å²) in [5.74, 6) is 1.17. The molecule has 2 aliphatic rings. The monoisotopic (exact) mass is 420 g/mol. The van der Waals surface area contributed by atoms with Crippen LogP contribution in [0, 0.1) is 0 Å². The predicted octanol–water partition coefficient (Wildman–Crippen LogP) is 2.25. The van der Waals surface area contributed by atoms with Crippen LogP contribution in [0.2, 0.25) is 0 Å². The molecule has 162 valence electrons. The summed E-state index contributed by atoms with van der Waals surface area (Å²) < 4.78 is 0. The summed E-state index contributed by atoms with van der Waals surface area (Å²) in [5, 5.41) is 13.6. The first-order chi connectivity index (χ1) is 15.3. The Morgan fingerprint density at radius 2 is 1.61 bits per heavy atom. The highest BCUT2D eigenvalue weighted by molar-refractivity contribution is 5.90. The number of benzene rings is 1. The first kappa shape index (κ1) is 19.7. The largest absolute Gasteiger partial charge is 0.369 e. The second-order valence-corrected chi connectivity index (χ2v) is 8.14. The van der Waals surface area contributed by atoms with Crippen molar-refractivity contribution in [3.63, 3.8) is 0 Å². The Labute approximate surface area is 180 Å². The third-order valence-electron chi connectivity index (χ3n) is 6.01. The molecule has 2 aromatic heterocycles. The van der Waals surface area contributed by atoms with Crippen molar-refractivity contribution in [2.75, 3.05) is 54.4 Å². The standard InChI is InChI=1S/C22H28N8O/c31-21-19-18(15-24-28-21)26-22(30-11-3-1-2-4-12-30)27-20(19)25-16-5-7-17(8-6-16)29-13-9-23-10-14-29/h5-8,15,23H,1-4,9-14H2,(H,28,31)(H,25,26,27). The number of hydrogen-bond donors (Lipinski definition) is 3. The third kappa shape index (κ3) is 4.32. The molecule has 5 rings (SSSR count). The molecule has 0 spiro atoms. The quantitative estimate of drug-likeness (QED) is 0.591. The number of rotatable bonds is 4. The molecule has 0 amide bonds. The summed E-state index contributed by atoms with van der Waals surface area (Å²) in [7, 11) is 0. The first-order valence-corrected chi connectivity index (χ1v) is 11.1. The SMILES string of the molecule is O=c1[nH]ncc2nc(N3CCCCCC3)nc(Nc3ccc(N4CCNCC4)cc3)c12. The number of aromatic nitrogens is 4. The van der Waals surface area contributed by atoms with Crippen molar-refractivity contribution in [1.82, 2.24) is 25.5 Å².